The zero-order valence-electron chi connectivity index (χ0n) is 15.1. The highest BCUT2D eigenvalue weighted by Gasteiger charge is 2.25. The van der Waals surface area contributed by atoms with Gasteiger partial charge in [0.25, 0.3) is 0 Å². The van der Waals surface area contributed by atoms with Gasteiger partial charge in [-0.25, -0.2) is 9.37 Å². The third kappa shape index (κ3) is 3.71. The molecular formula is C17H22FN9. The summed E-state index contributed by atoms with van der Waals surface area (Å²) in [5, 5.41) is 19.0. The number of likely N-dealkylation sites (tertiary alicyclic amines) is 1. The number of nitrogens with one attached hydrogen (secondary N) is 1. The van der Waals surface area contributed by atoms with Gasteiger partial charge in [-0.05, 0) is 61.0 Å². The van der Waals surface area contributed by atoms with E-state index in [0.717, 1.165) is 37.3 Å². The molecule has 0 aliphatic carbocycles. The lowest BCUT2D eigenvalue weighted by Crippen LogP contribution is -2.33. The highest BCUT2D eigenvalue weighted by molar-refractivity contribution is 5.36. The van der Waals surface area contributed by atoms with E-state index >= 15 is 0 Å². The number of aryl methyl sites for hydroxylation is 1. The molecule has 9 nitrogen and oxygen atoms in total. The van der Waals surface area contributed by atoms with E-state index in [1.54, 1.807) is 12.1 Å². The molecular weight excluding hydrogens is 349 g/mol. The molecule has 1 saturated heterocycles. The first-order valence-electron chi connectivity index (χ1n) is 9.01. The van der Waals surface area contributed by atoms with Crippen molar-refractivity contribution < 1.29 is 4.39 Å². The standard InChI is InChI=1S/C17H22FN9/c1-11-2-3-13(18)14(8-11)27-16(22-24-25-27)10-26-6-4-12(5-7-26)17-20-15(9-19)21-23-17/h2-3,8,12H,4-7,9-10,19H2,1H3,(H,20,21,23). The van der Waals surface area contributed by atoms with Crippen molar-refractivity contribution in [2.45, 2.75) is 38.8 Å². The van der Waals surface area contributed by atoms with Crippen LogP contribution in [-0.4, -0.2) is 53.4 Å². The van der Waals surface area contributed by atoms with Crippen molar-refractivity contribution in [2.24, 2.45) is 5.73 Å². The monoisotopic (exact) mass is 371 g/mol. The van der Waals surface area contributed by atoms with Crippen LogP contribution >= 0.6 is 0 Å². The van der Waals surface area contributed by atoms with Gasteiger partial charge < -0.3 is 5.73 Å². The number of benzene rings is 1. The second kappa shape index (κ2) is 7.49. The summed E-state index contributed by atoms with van der Waals surface area (Å²) in [5.74, 6) is 2.16. The highest BCUT2D eigenvalue weighted by Crippen LogP contribution is 2.26. The predicted molar refractivity (Wildman–Crippen MR) is 95.4 cm³/mol. The average molecular weight is 371 g/mol. The number of tetrazole rings is 1. The molecule has 1 aliphatic heterocycles. The Morgan fingerprint density at radius 1 is 1.30 bits per heavy atom. The van der Waals surface area contributed by atoms with Crippen molar-refractivity contribution in [3.05, 3.63) is 47.1 Å². The van der Waals surface area contributed by atoms with Crippen molar-refractivity contribution in [1.29, 1.82) is 0 Å². The number of halogens is 1. The first kappa shape index (κ1) is 17.7. The predicted octanol–water partition coefficient (Wildman–Crippen LogP) is 1.07. The summed E-state index contributed by atoms with van der Waals surface area (Å²) in [7, 11) is 0. The third-order valence-corrected chi connectivity index (χ3v) is 4.92. The van der Waals surface area contributed by atoms with Crippen LogP contribution in [0.25, 0.3) is 5.69 Å². The van der Waals surface area contributed by atoms with Crippen LogP contribution < -0.4 is 5.73 Å². The zero-order valence-corrected chi connectivity index (χ0v) is 15.1. The van der Waals surface area contributed by atoms with Crippen LogP contribution in [0.5, 0.6) is 0 Å². The lowest BCUT2D eigenvalue weighted by Gasteiger charge is -2.30. The van der Waals surface area contributed by atoms with Crippen molar-refractivity contribution in [2.75, 3.05) is 13.1 Å². The number of hydrogen-bond acceptors (Lipinski definition) is 7. The number of aromatic amines is 1. The van der Waals surface area contributed by atoms with E-state index in [1.165, 1.54) is 10.7 Å². The van der Waals surface area contributed by atoms with Crippen LogP contribution in [0, 0.1) is 12.7 Å². The summed E-state index contributed by atoms with van der Waals surface area (Å²) < 4.78 is 15.7. The second-order valence-corrected chi connectivity index (χ2v) is 6.86. The van der Waals surface area contributed by atoms with Gasteiger partial charge in [-0.1, -0.05) is 6.07 Å². The van der Waals surface area contributed by atoms with Crippen LogP contribution in [0.4, 0.5) is 4.39 Å². The smallest absolute Gasteiger partial charge is 0.170 e. The van der Waals surface area contributed by atoms with Gasteiger partial charge in [0.15, 0.2) is 11.6 Å². The highest BCUT2D eigenvalue weighted by atomic mass is 19.1. The molecule has 0 atom stereocenters. The minimum Gasteiger partial charge on any atom is -0.324 e. The SMILES string of the molecule is Cc1ccc(F)c(-n2nnnc2CN2CCC(c3n[nH]c(CN)n3)CC2)c1. The van der Waals surface area contributed by atoms with Gasteiger partial charge in [0.1, 0.15) is 17.3 Å². The van der Waals surface area contributed by atoms with Crippen molar-refractivity contribution in [3.8, 4) is 5.69 Å². The molecule has 3 N–H and O–H groups in total. The zero-order chi connectivity index (χ0) is 18.8. The van der Waals surface area contributed by atoms with Gasteiger partial charge in [-0.15, -0.1) is 5.10 Å². The summed E-state index contributed by atoms with van der Waals surface area (Å²) in [6.45, 7) is 4.59. The maximum absolute atomic E-state index is 14.2. The minimum atomic E-state index is -0.340. The normalized spacial score (nSPS) is 16.1. The summed E-state index contributed by atoms with van der Waals surface area (Å²) in [6.07, 6.45) is 1.89. The quantitative estimate of drug-likeness (QED) is 0.689. The van der Waals surface area contributed by atoms with E-state index in [4.69, 9.17) is 5.73 Å². The Bertz CT molecular complexity index is 911. The van der Waals surface area contributed by atoms with Crippen LogP contribution in [0.3, 0.4) is 0 Å². The molecule has 0 radical (unpaired) electrons. The van der Waals surface area contributed by atoms with E-state index in [2.05, 4.69) is 35.6 Å². The molecule has 0 spiro atoms. The minimum absolute atomic E-state index is 0.322. The van der Waals surface area contributed by atoms with E-state index in [9.17, 15) is 4.39 Å². The van der Waals surface area contributed by atoms with Crippen molar-refractivity contribution >= 4 is 0 Å². The molecule has 0 unspecified atom stereocenters. The van der Waals surface area contributed by atoms with Crippen LogP contribution in [-0.2, 0) is 13.1 Å². The third-order valence-electron chi connectivity index (χ3n) is 4.92. The van der Waals surface area contributed by atoms with Crippen LogP contribution in [0.15, 0.2) is 18.2 Å². The van der Waals surface area contributed by atoms with Crippen molar-refractivity contribution in [3.63, 3.8) is 0 Å². The number of piperidine rings is 1. The fourth-order valence-corrected chi connectivity index (χ4v) is 3.41. The molecule has 0 saturated carbocycles. The average Bonchev–Trinajstić information content (AvgIpc) is 3.34. The number of nitrogens with zero attached hydrogens (tertiary/aromatic N) is 7. The lowest BCUT2D eigenvalue weighted by atomic mass is 9.96. The molecule has 1 fully saturated rings. The van der Waals surface area contributed by atoms with E-state index < -0.39 is 0 Å². The topological polar surface area (TPSA) is 114 Å². The molecule has 2 aromatic heterocycles. The Kier molecular flexibility index (Phi) is 4.90. The van der Waals surface area contributed by atoms with E-state index in [0.29, 0.717) is 36.3 Å². The fourth-order valence-electron chi connectivity index (χ4n) is 3.41. The molecule has 0 bridgehead atoms. The summed E-state index contributed by atoms with van der Waals surface area (Å²) in [4.78, 5) is 6.70. The summed E-state index contributed by atoms with van der Waals surface area (Å²) in [5.41, 5.74) is 6.91. The van der Waals surface area contributed by atoms with Crippen molar-refractivity contribution in [1.82, 2.24) is 40.3 Å². The van der Waals surface area contributed by atoms with E-state index in [-0.39, 0.29) is 5.82 Å². The summed E-state index contributed by atoms with van der Waals surface area (Å²) in [6, 6.07) is 4.92. The molecule has 27 heavy (non-hydrogen) atoms. The van der Waals surface area contributed by atoms with Gasteiger partial charge in [-0.2, -0.15) is 9.78 Å². The number of hydrogen-bond donors (Lipinski definition) is 2. The first-order chi connectivity index (χ1) is 13.1. The number of nitrogens with two attached hydrogens (primary N) is 1. The maximum atomic E-state index is 14.2. The lowest BCUT2D eigenvalue weighted by molar-refractivity contribution is 0.196. The molecule has 1 aromatic carbocycles. The van der Waals surface area contributed by atoms with Crippen LogP contribution in [0.2, 0.25) is 0 Å². The van der Waals surface area contributed by atoms with Gasteiger partial charge in [0.05, 0.1) is 13.1 Å². The molecule has 1 aliphatic rings. The molecule has 0 amide bonds. The largest absolute Gasteiger partial charge is 0.324 e. The number of aromatic nitrogens is 7. The van der Waals surface area contributed by atoms with Gasteiger partial charge >= 0.3 is 0 Å². The molecule has 3 aromatic rings. The molecule has 10 heteroatoms. The maximum Gasteiger partial charge on any atom is 0.170 e. The number of H-pyrrole nitrogens is 1. The Morgan fingerprint density at radius 3 is 2.85 bits per heavy atom. The Balaban J connectivity index is 1.43. The van der Waals surface area contributed by atoms with Gasteiger partial charge in [0, 0.05) is 5.92 Å². The molecule has 3 heterocycles. The second-order valence-electron chi connectivity index (χ2n) is 6.86. The first-order valence-corrected chi connectivity index (χ1v) is 9.01. The van der Waals surface area contributed by atoms with Gasteiger partial charge in [-0.3, -0.25) is 10.00 Å². The number of rotatable bonds is 5. The van der Waals surface area contributed by atoms with Crippen LogP contribution in [0.1, 0.15) is 41.8 Å². The van der Waals surface area contributed by atoms with Gasteiger partial charge in [0.2, 0.25) is 0 Å². The molecule has 4 rings (SSSR count). The van der Waals surface area contributed by atoms with E-state index in [1.807, 2.05) is 6.92 Å². The molecule has 142 valence electrons. The Labute approximate surface area is 155 Å². The Hall–Kier alpha value is -2.72. The summed E-state index contributed by atoms with van der Waals surface area (Å²) >= 11 is 0. The fraction of sp³-hybridized carbons (Fsp3) is 0.471. The Morgan fingerprint density at radius 2 is 2.11 bits per heavy atom.